The van der Waals surface area contributed by atoms with Crippen LogP contribution >= 0.6 is 22.9 Å². The van der Waals surface area contributed by atoms with E-state index in [1.807, 2.05) is 5.38 Å². The molecule has 0 fully saturated rings. The van der Waals surface area contributed by atoms with E-state index in [9.17, 15) is 4.39 Å². The van der Waals surface area contributed by atoms with Crippen LogP contribution in [0.3, 0.4) is 0 Å². The van der Waals surface area contributed by atoms with Gasteiger partial charge in [0, 0.05) is 18.3 Å². The Morgan fingerprint density at radius 3 is 3.05 bits per heavy atom. The summed E-state index contributed by atoms with van der Waals surface area (Å²) in [6.45, 7) is 3.87. The van der Waals surface area contributed by atoms with Crippen LogP contribution < -0.4 is 5.32 Å². The Morgan fingerprint density at radius 2 is 2.26 bits per heavy atom. The van der Waals surface area contributed by atoms with Crippen molar-refractivity contribution < 1.29 is 4.39 Å². The third-order valence-corrected chi connectivity index (χ3v) is 3.89. The number of nitrogens with zero attached hydrogens (tertiary/aromatic N) is 1. The molecule has 2 rings (SSSR count). The molecule has 0 saturated heterocycles. The Balaban J connectivity index is 2.01. The topological polar surface area (TPSA) is 24.9 Å². The van der Waals surface area contributed by atoms with Gasteiger partial charge in [-0.1, -0.05) is 30.7 Å². The Labute approximate surface area is 121 Å². The second kappa shape index (κ2) is 6.98. The van der Waals surface area contributed by atoms with Crippen molar-refractivity contribution in [2.45, 2.75) is 26.3 Å². The molecule has 0 radical (unpaired) electrons. The molecule has 0 spiro atoms. The van der Waals surface area contributed by atoms with Gasteiger partial charge in [-0.05, 0) is 24.6 Å². The van der Waals surface area contributed by atoms with Crippen LogP contribution in [0.25, 0.3) is 0 Å². The maximum Gasteiger partial charge on any atom is 0.145 e. The summed E-state index contributed by atoms with van der Waals surface area (Å²) in [5, 5.41) is 6.39. The largest absolute Gasteiger partial charge is 0.311 e. The predicted octanol–water partition coefficient (Wildman–Crippen LogP) is 4.03. The van der Waals surface area contributed by atoms with Crippen LogP contribution in [-0.2, 0) is 13.0 Å². The van der Waals surface area contributed by atoms with E-state index in [-0.39, 0.29) is 10.8 Å². The van der Waals surface area contributed by atoms with Gasteiger partial charge in [0.15, 0.2) is 0 Å². The number of thiazole rings is 1. The highest BCUT2D eigenvalue weighted by molar-refractivity contribution is 7.09. The molecule has 2 nitrogen and oxygen atoms in total. The molecular weight excluding hydrogens is 283 g/mol. The van der Waals surface area contributed by atoms with Crippen LogP contribution in [0.4, 0.5) is 4.39 Å². The zero-order valence-corrected chi connectivity index (χ0v) is 12.3. The van der Waals surface area contributed by atoms with Crippen LogP contribution in [0.1, 0.15) is 29.6 Å². The number of nitrogens with one attached hydrogen (secondary N) is 1. The van der Waals surface area contributed by atoms with Crippen LogP contribution in [0, 0.1) is 5.82 Å². The second-order valence-corrected chi connectivity index (χ2v) is 5.65. The fraction of sp³-hybridized carbons (Fsp3) is 0.357. The lowest BCUT2D eigenvalue weighted by Crippen LogP contribution is -2.13. The summed E-state index contributed by atoms with van der Waals surface area (Å²) in [6.07, 6.45) is 1.59. The minimum absolute atomic E-state index is 0.166. The van der Waals surface area contributed by atoms with E-state index >= 15 is 0 Å². The molecule has 2 aromatic rings. The van der Waals surface area contributed by atoms with E-state index in [0.29, 0.717) is 12.0 Å². The minimum Gasteiger partial charge on any atom is -0.311 e. The van der Waals surface area contributed by atoms with E-state index in [4.69, 9.17) is 11.6 Å². The van der Waals surface area contributed by atoms with Crippen molar-refractivity contribution in [2.24, 2.45) is 0 Å². The first-order valence-corrected chi connectivity index (χ1v) is 7.53. The average molecular weight is 299 g/mol. The van der Waals surface area contributed by atoms with Crippen molar-refractivity contribution in [1.29, 1.82) is 0 Å². The van der Waals surface area contributed by atoms with Crippen molar-refractivity contribution in [2.75, 3.05) is 6.54 Å². The number of hydrogen-bond donors (Lipinski definition) is 1. The van der Waals surface area contributed by atoms with Gasteiger partial charge in [-0.2, -0.15) is 0 Å². The van der Waals surface area contributed by atoms with Crippen LogP contribution in [0.2, 0.25) is 5.02 Å². The first-order chi connectivity index (χ1) is 9.20. The zero-order valence-electron chi connectivity index (χ0n) is 10.7. The minimum atomic E-state index is -0.343. The molecule has 0 unspecified atom stereocenters. The van der Waals surface area contributed by atoms with Crippen molar-refractivity contribution in [3.05, 3.63) is 50.7 Å². The molecule has 102 valence electrons. The number of rotatable bonds is 6. The van der Waals surface area contributed by atoms with Crippen LogP contribution in [0.15, 0.2) is 23.6 Å². The standard InChI is InChI=1S/C14H16ClFN2S/c1-2-6-17-8-11-9-19-13(18-11)7-10-4-3-5-12(15)14(10)16/h3-5,9,17H,2,6-8H2,1H3. The molecule has 5 heteroatoms. The third kappa shape index (κ3) is 4.00. The van der Waals surface area contributed by atoms with Crippen molar-refractivity contribution >= 4 is 22.9 Å². The summed E-state index contributed by atoms with van der Waals surface area (Å²) in [6, 6.07) is 5.07. The normalized spacial score (nSPS) is 10.9. The number of aromatic nitrogens is 1. The Hall–Kier alpha value is -0.970. The van der Waals surface area contributed by atoms with Gasteiger partial charge in [0.2, 0.25) is 0 Å². The maximum absolute atomic E-state index is 13.8. The van der Waals surface area contributed by atoms with Gasteiger partial charge in [-0.25, -0.2) is 9.37 Å². The average Bonchev–Trinajstić information content (AvgIpc) is 2.83. The molecule has 1 aromatic heterocycles. The summed E-state index contributed by atoms with van der Waals surface area (Å²) >= 11 is 7.32. The fourth-order valence-corrected chi connectivity index (χ4v) is 2.76. The van der Waals surface area contributed by atoms with Crippen LogP contribution in [0.5, 0.6) is 0 Å². The van der Waals surface area contributed by atoms with E-state index in [1.165, 1.54) is 0 Å². The van der Waals surface area contributed by atoms with E-state index in [1.54, 1.807) is 29.5 Å². The van der Waals surface area contributed by atoms with E-state index in [0.717, 1.165) is 30.2 Å². The molecule has 19 heavy (non-hydrogen) atoms. The highest BCUT2D eigenvalue weighted by Crippen LogP contribution is 2.22. The van der Waals surface area contributed by atoms with Crippen molar-refractivity contribution in [3.8, 4) is 0 Å². The smallest absolute Gasteiger partial charge is 0.145 e. The van der Waals surface area contributed by atoms with Gasteiger partial charge >= 0.3 is 0 Å². The van der Waals surface area contributed by atoms with Gasteiger partial charge in [0.1, 0.15) is 5.82 Å². The second-order valence-electron chi connectivity index (χ2n) is 4.30. The summed E-state index contributed by atoms with van der Waals surface area (Å²) in [5.41, 5.74) is 1.60. The third-order valence-electron chi connectivity index (χ3n) is 2.71. The molecule has 0 aliphatic rings. The quantitative estimate of drug-likeness (QED) is 0.815. The fourth-order valence-electron chi connectivity index (χ4n) is 1.75. The van der Waals surface area contributed by atoms with Gasteiger partial charge in [0.25, 0.3) is 0 Å². The first-order valence-electron chi connectivity index (χ1n) is 6.27. The Kier molecular flexibility index (Phi) is 5.31. The molecule has 0 saturated carbocycles. The summed E-state index contributed by atoms with van der Waals surface area (Å²) in [5.74, 6) is -0.343. The molecule has 1 heterocycles. The lowest BCUT2D eigenvalue weighted by molar-refractivity contribution is 0.614. The van der Waals surface area contributed by atoms with Gasteiger partial charge in [0.05, 0.1) is 15.7 Å². The number of halogens is 2. The summed E-state index contributed by atoms with van der Waals surface area (Å²) in [7, 11) is 0. The molecule has 0 aliphatic heterocycles. The Morgan fingerprint density at radius 1 is 1.42 bits per heavy atom. The Bertz CT molecular complexity index is 542. The molecular formula is C14H16ClFN2S. The van der Waals surface area contributed by atoms with Gasteiger partial charge < -0.3 is 5.32 Å². The summed E-state index contributed by atoms with van der Waals surface area (Å²) < 4.78 is 13.8. The van der Waals surface area contributed by atoms with Gasteiger partial charge in [-0.3, -0.25) is 0 Å². The lowest BCUT2D eigenvalue weighted by atomic mass is 10.1. The molecule has 0 bridgehead atoms. The molecule has 0 atom stereocenters. The lowest BCUT2D eigenvalue weighted by Gasteiger charge is -2.02. The van der Waals surface area contributed by atoms with Crippen LogP contribution in [-0.4, -0.2) is 11.5 Å². The van der Waals surface area contributed by atoms with E-state index in [2.05, 4.69) is 17.2 Å². The maximum atomic E-state index is 13.8. The highest BCUT2D eigenvalue weighted by atomic mass is 35.5. The molecule has 1 N–H and O–H groups in total. The molecule has 0 amide bonds. The number of hydrogen-bond acceptors (Lipinski definition) is 3. The molecule has 0 aliphatic carbocycles. The SMILES string of the molecule is CCCNCc1csc(Cc2cccc(Cl)c2F)n1. The first kappa shape index (κ1) is 14.4. The molecule has 1 aromatic carbocycles. The summed E-state index contributed by atoms with van der Waals surface area (Å²) in [4.78, 5) is 4.49. The predicted molar refractivity (Wildman–Crippen MR) is 78.3 cm³/mol. The monoisotopic (exact) mass is 298 g/mol. The van der Waals surface area contributed by atoms with Crippen molar-refractivity contribution in [3.63, 3.8) is 0 Å². The zero-order chi connectivity index (χ0) is 13.7. The van der Waals surface area contributed by atoms with Crippen molar-refractivity contribution in [1.82, 2.24) is 10.3 Å². The van der Waals surface area contributed by atoms with Gasteiger partial charge in [-0.15, -0.1) is 11.3 Å². The number of benzene rings is 1. The van der Waals surface area contributed by atoms with E-state index < -0.39 is 0 Å². The highest BCUT2D eigenvalue weighted by Gasteiger charge is 2.09.